The number of benzene rings is 1. The Morgan fingerprint density at radius 1 is 1.17 bits per heavy atom. The van der Waals surface area contributed by atoms with Gasteiger partial charge in [0.1, 0.15) is 0 Å². The Balaban J connectivity index is 1.56. The Bertz CT molecular complexity index is 523. The zero-order chi connectivity index (χ0) is 16.6. The van der Waals surface area contributed by atoms with E-state index in [4.69, 9.17) is 4.74 Å². The molecule has 2 aliphatic rings. The molecule has 23 heavy (non-hydrogen) atoms. The molecule has 3 rings (SSSR count). The summed E-state index contributed by atoms with van der Waals surface area (Å²) in [4.78, 5) is 0. The molecule has 0 spiro atoms. The minimum Gasteiger partial charge on any atom is -0.373 e. The molecule has 0 saturated heterocycles. The van der Waals surface area contributed by atoms with E-state index in [1.165, 1.54) is 12.8 Å². The van der Waals surface area contributed by atoms with Crippen LogP contribution in [0.5, 0.6) is 0 Å². The number of hydrogen-bond acceptors (Lipinski definition) is 1. The normalized spacial score (nSPS) is 33.0. The second-order valence-electron chi connectivity index (χ2n) is 7.93. The van der Waals surface area contributed by atoms with Gasteiger partial charge in [-0.25, -0.2) is 8.78 Å². The number of halogens is 2. The second-order valence-corrected chi connectivity index (χ2v) is 7.93. The first kappa shape index (κ1) is 16.9. The van der Waals surface area contributed by atoms with Gasteiger partial charge in [0.05, 0.1) is 18.6 Å². The van der Waals surface area contributed by atoms with Gasteiger partial charge in [-0.15, -0.1) is 0 Å². The Labute approximate surface area is 138 Å². The van der Waals surface area contributed by atoms with E-state index in [1.54, 1.807) is 0 Å². The van der Waals surface area contributed by atoms with Crippen LogP contribution in [0.2, 0.25) is 0 Å². The maximum absolute atomic E-state index is 13.1. The van der Waals surface area contributed by atoms with Crippen LogP contribution in [0.1, 0.15) is 63.5 Å². The van der Waals surface area contributed by atoms with Crippen LogP contribution < -0.4 is 0 Å². The van der Waals surface area contributed by atoms with E-state index < -0.39 is 11.8 Å². The molecule has 2 saturated carbocycles. The maximum Gasteiger partial charge on any atom is 0.255 e. The van der Waals surface area contributed by atoms with Gasteiger partial charge < -0.3 is 4.74 Å². The fourth-order valence-corrected chi connectivity index (χ4v) is 3.93. The summed E-state index contributed by atoms with van der Waals surface area (Å²) in [6.07, 6.45) is 4.01. The van der Waals surface area contributed by atoms with Crippen molar-refractivity contribution >= 4 is 0 Å². The fraction of sp³-hybridized carbons (Fsp3) is 0.700. The molecule has 0 radical (unpaired) electrons. The molecule has 2 fully saturated rings. The number of ether oxygens (including phenoxy) is 1. The summed E-state index contributed by atoms with van der Waals surface area (Å²) in [7, 11) is 0. The van der Waals surface area contributed by atoms with Crippen molar-refractivity contribution in [2.24, 2.45) is 17.8 Å². The van der Waals surface area contributed by atoms with E-state index in [-0.39, 0.29) is 6.42 Å². The number of alkyl halides is 2. The van der Waals surface area contributed by atoms with Gasteiger partial charge in [-0.05, 0) is 41.7 Å². The van der Waals surface area contributed by atoms with E-state index in [2.05, 4.69) is 20.8 Å². The molecule has 1 aromatic rings. The van der Waals surface area contributed by atoms with Crippen molar-refractivity contribution in [2.45, 2.75) is 71.0 Å². The van der Waals surface area contributed by atoms with Crippen LogP contribution in [-0.2, 0) is 11.3 Å². The van der Waals surface area contributed by atoms with Crippen molar-refractivity contribution in [3.8, 4) is 0 Å². The quantitative estimate of drug-likeness (QED) is 0.667. The summed E-state index contributed by atoms with van der Waals surface area (Å²) in [5.74, 6) is -1.04. The largest absolute Gasteiger partial charge is 0.373 e. The molecule has 0 bridgehead atoms. The lowest BCUT2D eigenvalue weighted by Gasteiger charge is -2.37. The zero-order valence-corrected chi connectivity index (χ0v) is 14.4. The lowest BCUT2D eigenvalue weighted by molar-refractivity contribution is -0.0472. The van der Waals surface area contributed by atoms with Gasteiger partial charge in [0.15, 0.2) is 0 Å². The monoisotopic (exact) mass is 322 g/mol. The molecule has 1 unspecified atom stereocenters. The summed E-state index contributed by atoms with van der Waals surface area (Å²) in [5.41, 5.74) is 1.84. The summed E-state index contributed by atoms with van der Waals surface area (Å²) < 4.78 is 32.4. The molecule has 2 aliphatic carbocycles. The molecule has 1 aromatic carbocycles. The topological polar surface area (TPSA) is 9.23 Å². The third kappa shape index (κ3) is 3.93. The highest BCUT2D eigenvalue weighted by Gasteiger charge is 2.57. The lowest BCUT2D eigenvalue weighted by atomic mass is 9.75. The van der Waals surface area contributed by atoms with Crippen LogP contribution in [0.4, 0.5) is 8.78 Å². The summed E-state index contributed by atoms with van der Waals surface area (Å²) in [6.45, 7) is 7.45. The van der Waals surface area contributed by atoms with E-state index in [0.29, 0.717) is 24.5 Å². The average molecular weight is 322 g/mol. The molecule has 0 heterocycles. The highest BCUT2D eigenvalue weighted by atomic mass is 19.3. The maximum atomic E-state index is 13.1. The molecular weight excluding hydrogens is 294 g/mol. The number of rotatable bonds is 5. The molecule has 128 valence electrons. The van der Waals surface area contributed by atoms with Crippen molar-refractivity contribution in [3.05, 3.63) is 35.4 Å². The van der Waals surface area contributed by atoms with Gasteiger partial charge in [0, 0.05) is 6.42 Å². The third-order valence-electron chi connectivity index (χ3n) is 5.63. The highest BCUT2D eigenvalue weighted by Crippen LogP contribution is 2.55. The van der Waals surface area contributed by atoms with Crippen LogP contribution in [-0.4, -0.2) is 12.0 Å². The minimum atomic E-state index is -2.49. The van der Waals surface area contributed by atoms with Crippen LogP contribution >= 0.6 is 0 Å². The van der Waals surface area contributed by atoms with Gasteiger partial charge in [-0.1, -0.05) is 51.5 Å². The number of hydrogen-bond donors (Lipinski definition) is 0. The van der Waals surface area contributed by atoms with E-state index in [1.807, 2.05) is 24.3 Å². The second kappa shape index (κ2) is 6.51. The van der Waals surface area contributed by atoms with Gasteiger partial charge in [-0.3, -0.25) is 0 Å². The van der Waals surface area contributed by atoms with E-state index in [0.717, 1.165) is 23.5 Å². The lowest BCUT2D eigenvalue weighted by Crippen LogP contribution is -2.34. The Kier molecular flexibility index (Phi) is 4.78. The molecule has 0 N–H and O–H groups in total. The smallest absolute Gasteiger partial charge is 0.255 e. The van der Waals surface area contributed by atoms with Gasteiger partial charge in [0.2, 0.25) is 0 Å². The third-order valence-corrected chi connectivity index (χ3v) is 5.63. The van der Waals surface area contributed by atoms with Crippen LogP contribution in [0, 0.1) is 17.8 Å². The molecule has 0 amide bonds. The molecule has 3 heteroatoms. The molecule has 0 aliphatic heterocycles. The molecule has 1 nitrogen and oxygen atoms in total. The SMILES string of the molecule is CC(C)[C@@H]1CC[C@@H](C)C[C@H]1OCc1ccc(C2CC2(F)F)cc1. The predicted molar refractivity (Wildman–Crippen MR) is 88.7 cm³/mol. The van der Waals surface area contributed by atoms with Crippen molar-refractivity contribution in [2.75, 3.05) is 0 Å². The van der Waals surface area contributed by atoms with Crippen molar-refractivity contribution in [1.29, 1.82) is 0 Å². The standard InChI is InChI=1S/C20H28F2O/c1-13(2)17-9-4-14(3)10-19(17)23-12-15-5-7-16(8-6-15)18-11-20(18,21)22/h5-8,13-14,17-19H,4,9-12H2,1-3H3/t14-,17+,18?,19-/m1/s1. The van der Waals surface area contributed by atoms with Gasteiger partial charge in [-0.2, -0.15) is 0 Å². The average Bonchev–Trinajstić information content (AvgIpc) is 3.14. The first-order valence-electron chi connectivity index (χ1n) is 8.95. The first-order valence-corrected chi connectivity index (χ1v) is 8.95. The predicted octanol–water partition coefficient (Wildman–Crippen LogP) is 5.79. The molecule has 4 atom stereocenters. The summed E-state index contributed by atoms with van der Waals surface area (Å²) >= 11 is 0. The first-order chi connectivity index (χ1) is 10.9. The highest BCUT2D eigenvalue weighted by molar-refractivity contribution is 5.31. The Hall–Kier alpha value is -0.960. The van der Waals surface area contributed by atoms with Gasteiger partial charge >= 0.3 is 0 Å². The minimum absolute atomic E-state index is 0.00111. The summed E-state index contributed by atoms with van der Waals surface area (Å²) in [5, 5.41) is 0. The summed E-state index contributed by atoms with van der Waals surface area (Å²) in [6, 6.07) is 7.57. The Morgan fingerprint density at radius 3 is 2.39 bits per heavy atom. The van der Waals surface area contributed by atoms with E-state index >= 15 is 0 Å². The van der Waals surface area contributed by atoms with Gasteiger partial charge in [0.25, 0.3) is 5.92 Å². The van der Waals surface area contributed by atoms with Crippen LogP contribution in [0.25, 0.3) is 0 Å². The van der Waals surface area contributed by atoms with E-state index in [9.17, 15) is 8.78 Å². The van der Waals surface area contributed by atoms with Crippen molar-refractivity contribution < 1.29 is 13.5 Å². The Morgan fingerprint density at radius 2 is 1.83 bits per heavy atom. The van der Waals surface area contributed by atoms with Crippen LogP contribution in [0.15, 0.2) is 24.3 Å². The van der Waals surface area contributed by atoms with Crippen molar-refractivity contribution in [1.82, 2.24) is 0 Å². The van der Waals surface area contributed by atoms with Crippen LogP contribution in [0.3, 0.4) is 0 Å². The zero-order valence-electron chi connectivity index (χ0n) is 14.4. The fourth-order valence-electron chi connectivity index (χ4n) is 3.93. The van der Waals surface area contributed by atoms with Crippen molar-refractivity contribution in [3.63, 3.8) is 0 Å². The molecule has 0 aromatic heterocycles. The molecular formula is C20H28F2O.